The number of rotatable bonds is 1. The first-order valence-electron chi connectivity index (χ1n) is 1.52. The summed E-state index contributed by atoms with van der Waals surface area (Å²) >= 11 is 0. The van der Waals surface area contributed by atoms with E-state index in [1.54, 1.807) is 0 Å². The minimum atomic E-state index is 1.08. The maximum Gasteiger partial charge on any atom is -0.0880 e. The Morgan fingerprint density at radius 2 is 2.25 bits per heavy atom. The standard InChI is InChI=1S/C3H9N/c1-2-3-4/h3H,2H2,1,4H3. The second-order valence-electron chi connectivity index (χ2n) is 0.697. The molecule has 0 rings (SSSR count). The fraction of sp³-hybridized carbons (Fsp3) is 0.667. The molecule has 0 aliphatic rings. The number of hydrogen-bond donors (Lipinski definition) is 1. The van der Waals surface area contributed by atoms with E-state index in [1.165, 1.54) is 0 Å². The summed E-state index contributed by atoms with van der Waals surface area (Å²) in [5, 5.41) is 0. The summed E-state index contributed by atoms with van der Waals surface area (Å²) in [5.41, 5.74) is 3.48. The SMILES string of the molecule is CC[CH-][NH3+]. The minimum Gasteiger partial charge on any atom is -0.488 e. The monoisotopic (exact) mass is 59.1 g/mol. The van der Waals surface area contributed by atoms with E-state index in [2.05, 4.69) is 12.7 Å². The first-order valence-corrected chi connectivity index (χ1v) is 1.52. The van der Waals surface area contributed by atoms with Gasteiger partial charge in [0.25, 0.3) is 0 Å². The molecule has 0 aromatic heterocycles. The quantitative estimate of drug-likeness (QED) is 0.405. The molecule has 0 aliphatic carbocycles. The first kappa shape index (κ1) is 3.96. The fourth-order valence-electron chi connectivity index (χ4n) is 0. The van der Waals surface area contributed by atoms with E-state index < -0.39 is 0 Å². The lowest BCUT2D eigenvalue weighted by Gasteiger charge is -1.81. The third-order valence-corrected chi connectivity index (χ3v) is 0.289. The topological polar surface area (TPSA) is 27.6 Å². The zero-order valence-electron chi connectivity index (χ0n) is 2.99. The van der Waals surface area contributed by atoms with E-state index in [4.69, 9.17) is 0 Å². The molecule has 0 amide bonds. The van der Waals surface area contributed by atoms with Crippen LogP contribution in [0.2, 0.25) is 0 Å². The van der Waals surface area contributed by atoms with E-state index >= 15 is 0 Å². The zero-order chi connectivity index (χ0) is 3.41. The van der Waals surface area contributed by atoms with Gasteiger partial charge >= 0.3 is 0 Å². The van der Waals surface area contributed by atoms with Crippen molar-refractivity contribution in [3.63, 3.8) is 0 Å². The largest absolute Gasteiger partial charge is 0.488 e. The lowest BCUT2D eigenvalue weighted by atomic mass is 10.5. The van der Waals surface area contributed by atoms with Gasteiger partial charge in [-0.15, -0.1) is 13.0 Å². The number of quaternary nitrogens is 1. The second-order valence-corrected chi connectivity index (χ2v) is 0.697. The Balaban J connectivity index is 1.97. The van der Waals surface area contributed by atoms with Crippen LogP contribution in [-0.2, 0) is 0 Å². The van der Waals surface area contributed by atoms with Gasteiger partial charge in [-0.1, -0.05) is 6.92 Å². The lowest BCUT2D eigenvalue weighted by molar-refractivity contribution is -0.317. The van der Waals surface area contributed by atoms with Gasteiger partial charge in [0.2, 0.25) is 0 Å². The van der Waals surface area contributed by atoms with Crippen molar-refractivity contribution in [2.75, 3.05) is 0 Å². The fourth-order valence-corrected chi connectivity index (χ4v) is 0. The summed E-state index contributed by atoms with van der Waals surface area (Å²) < 4.78 is 0. The predicted octanol–water partition coefficient (Wildman–Crippen LogP) is -0.200. The average Bonchev–Trinajstić information content (AvgIpc) is 1.37. The van der Waals surface area contributed by atoms with Crippen LogP contribution in [0, 0.1) is 6.54 Å². The average molecular weight is 59.1 g/mol. The highest BCUT2D eigenvalue weighted by atomic mass is 14.5. The Labute approximate surface area is 26.8 Å². The van der Waals surface area contributed by atoms with Crippen molar-refractivity contribution < 1.29 is 5.73 Å². The summed E-state index contributed by atoms with van der Waals surface area (Å²) in [6.45, 7) is 3.94. The Morgan fingerprint density at radius 3 is 2.25 bits per heavy atom. The van der Waals surface area contributed by atoms with Gasteiger partial charge in [-0.05, 0) is 0 Å². The molecule has 26 valence electrons. The smallest absolute Gasteiger partial charge is 0.0880 e. The number of hydrogen-bond acceptors (Lipinski definition) is 0. The molecule has 0 heterocycles. The molecule has 0 aromatic rings. The van der Waals surface area contributed by atoms with Crippen LogP contribution >= 0.6 is 0 Å². The molecule has 0 saturated carbocycles. The van der Waals surface area contributed by atoms with Crippen molar-refractivity contribution >= 4 is 0 Å². The van der Waals surface area contributed by atoms with Crippen LogP contribution in [0.1, 0.15) is 13.3 Å². The zero-order valence-corrected chi connectivity index (χ0v) is 2.99. The van der Waals surface area contributed by atoms with Crippen molar-refractivity contribution in [3.05, 3.63) is 6.54 Å². The summed E-state index contributed by atoms with van der Waals surface area (Å²) in [7, 11) is 0. The highest BCUT2D eigenvalue weighted by Crippen LogP contribution is 1.62. The molecule has 0 aromatic carbocycles. The van der Waals surface area contributed by atoms with Gasteiger partial charge in [-0.3, -0.25) is 0 Å². The van der Waals surface area contributed by atoms with Crippen LogP contribution in [0.15, 0.2) is 0 Å². The van der Waals surface area contributed by atoms with Gasteiger partial charge < -0.3 is 5.73 Å². The molecule has 0 aliphatic heterocycles. The van der Waals surface area contributed by atoms with Crippen molar-refractivity contribution in [2.24, 2.45) is 0 Å². The molecule has 0 saturated heterocycles. The Kier molecular flexibility index (Phi) is 2.93. The normalized spacial score (nSPS) is 7.50. The van der Waals surface area contributed by atoms with Crippen LogP contribution in [0.5, 0.6) is 0 Å². The highest BCUT2D eigenvalue weighted by molar-refractivity contribution is 4.29. The van der Waals surface area contributed by atoms with E-state index in [1.807, 2.05) is 6.54 Å². The summed E-state index contributed by atoms with van der Waals surface area (Å²) in [5.74, 6) is 0. The lowest BCUT2D eigenvalue weighted by Crippen LogP contribution is -2.44. The van der Waals surface area contributed by atoms with Gasteiger partial charge in [-0.2, -0.15) is 0 Å². The van der Waals surface area contributed by atoms with Gasteiger partial charge in [0.15, 0.2) is 0 Å². The molecular formula is C3H9N. The van der Waals surface area contributed by atoms with Crippen molar-refractivity contribution in [1.29, 1.82) is 0 Å². The van der Waals surface area contributed by atoms with Crippen LogP contribution in [0.4, 0.5) is 0 Å². The van der Waals surface area contributed by atoms with Crippen LogP contribution in [0.25, 0.3) is 0 Å². The Bertz CT molecular complexity index is 5.25. The molecule has 1 nitrogen and oxygen atoms in total. The molecule has 1 heteroatoms. The molecule has 0 unspecified atom stereocenters. The molecule has 0 atom stereocenters. The van der Waals surface area contributed by atoms with Gasteiger partial charge in [0.05, 0.1) is 0 Å². The van der Waals surface area contributed by atoms with E-state index in [0.29, 0.717) is 0 Å². The molecule has 0 spiro atoms. The highest BCUT2D eigenvalue weighted by Gasteiger charge is 1.45. The van der Waals surface area contributed by atoms with E-state index in [0.717, 1.165) is 6.42 Å². The van der Waals surface area contributed by atoms with E-state index in [9.17, 15) is 0 Å². The molecule has 0 radical (unpaired) electrons. The van der Waals surface area contributed by atoms with Gasteiger partial charge in [0.1, 0.15) is 0 Å². The van der Waals surface area contributed by atoms with Crippen molar-refractivity contribution in [3.8, 4) is 0 Å². The van der Waals surface area contributed by atoms with E-state index in [-0.39, 0.29) is 0 Å². The third-order valence-electron chi connectivity index (χ3n) is 0.289. The van der Waals surface area contributed by atoms with Crippen LogP contribution in [-0.4, -0.2) is 0 Å². The molecule has 4 heavy (non-hydrogen) atoms. The molecule has 0 fully saturated rings. The first-order chi connectivity index (χ1) is 1.91. The Morgan fingerprint density at radius 1 is 2.00 bits per heavy atom. The molecular weight excluding hydrogens is 50.0 g/mol. The minimum absolute atomic E-state index is 1.08. The maximum absolute atomic E-state index is 3.48. The second kappa shape index (κ2) is 2.96. The maximum atomic E-state index is 3.48. The predicted molar refractivity (Wildman–Crippen MR) is 17.5 cm³/mol. The third kappa shape index (κ3) is 1.96. The van der Waals surface area contributed by atoms with Crippen LogP contribution < -0.4 is 5.73 Å². The molecule has 0 bridgehead atoms. The summed E-state index contributed by atoms with van der Waals surface area (Å²) in [6.07, 6.45) is 1.08. The summed E-state index contributed by atoms with van der Waals surface area (Å²) in [6, 6.07) is 0. The molecule has 3 N–H and O–H groups in total. The van der Waals surface area contributed by atoms with Crippen molar-refractivity contribution in [1.82, 2.24) is 0 Å². The van der Waals surface area contributed by atoms with Gasteiger partial charge in [-0.25, -0.2) is 0 Å². The summed E-state index contributed by atoms with van der Waals surface area (Å²) in [4.78, 5) is 0. The van der Waals surface area contributed by atoms with Gasteiger partial charge in [0, 0.05) is 0 Å². The Hall–Kier alpha value is -0.0400. The van der Waals surface area contributed by atoms with Crippen molar-refractivity contribution in [2.45, 2.75) is 13.3 Å². The van der Waals surface area contributed by atoms with Crippen LogP contribution in [0.3, 0.4) is 0 Å².